The van der Waals surface area contributed by atoms with E-state index in [0.29, 0.717) is 0 Å². The van der Waals surface area contributed by atoms with Crippen molar-refractivity contribution in [3.63, 3.8) is 0 Å². The Hall–Kier alpha value is -2.35. The zero-order valence-electron chi connectivity index (χ0n) is 12.7. The third-order valence-corrected chi connectivity index (χ3v) is 3.80. The first-order chi connectivity index (χ1) is 10.2. The molecule has 0 bridgehead atoms. The highest BCUT2D eigenvalue weighted by atomic mass is 16.5. The van der Waals surface area contributed by atoms with Crippen molar-refractivity contribution in [2.24, 2.45) is 0 Å². The SMILES string of the molecule is CCc1cc(-c2cccc(C)c2)nc2cc(OC)ccc12. The van der Waals surface area contributed by atoms with Crippen LogP contribution < -0.4 is 4.74 Å². The lowest BCUT2D eigenvalue weighted by molar-refractivity contribution is 0.415. The van der Waals surface area contributed by atoms with Crippen LogP contribution in [0.5, 0.6) is 5.75 Å². The second kappa shape index (κ2) is 5.57. The van der Waals surface area contributed by atoms with E-state index in [9.17, 15) is 0 Å². The minimum atomic E-state index is 0.846. The van der Waals surface area contributed by atoms with Gasteiger partial charge in [0.1, 0.15) is 5.75 Å². The van der Waals surface area contributed by atoms with Gasteiger partial charge in [0, 0.05) is 17.0 Å². The van der Waals surface area contributed by atoms with Gasteiger partial charge in [0.15, 0.2) is 0 Å². The monoisotopic (exact) mass is 277 g/mol. The van der Waals surface area contributed by atoms with Gasteiger partial charge in [-0.3, -0.25) is 0 Å². The largest absolute Gasteiger partial charge is 0.497 e. The van der Waals surface area contributed by atoms with Crippen LogP contribution in [-0.4, -0.2) is 12.1 Å². The van der Waals surface area contributed by atoms with Crippen molar-refractivity contribution >= 4 is 10.9 Å². The summed E-state index contributed by atoms with van der Waals surface area (Å²) in [6.07, 6.45) is 0.990. The summed E-state index contributed by atoms with van der Waals surface area (Å²) >= 11 is 0. The molecule has 0 fully saturated rings. The van der Waals surface area contributed by atoms with Gasteiger partial charge in [-0.05, 0) is 43.2 Å². The minimum Gasteiger partial charge on any atom is -0.497 e. The van der Waals surface area contributed by atoms with Gasteiger partial charge in [0.25, 0.3) is 0 Å². The van der Waals surface area contributed by atoms with Crippen LogP contribution >= 0.6 is 0 Å². The molecule has 0 radical (unpaired) electrons. The lowest BCUT2D eigenvalue weighted by atomic mass is 10.0. The van der Waals surface area contributed by atoms with Gasteiger partial charge < -0.3 is 4.74 Å². The van der Waals surface area contributed by atoms with Crippen molar-refractivity contribution in [3.05, 3.63) is 59.7 Å². The number of ether oxygens (including phenoxy) is 1. The molecule has 0 aliphatic rings. The molecule has 1 aromatic heterocycles. The zero-order valence-corrected chi connectivity index (χ0v) is 12.7. The van der Waals surface area contributed by atoms with Gasteiger partial charge >= 0.3 is 0 Å². The Morgan fingerprint density at radius 2 is 1.90 bits per heavy atom. The average Bonchev–Trinajstić information content (AvgIpc) is 2.53. The molecule has 2 heteroatoms. The summed E-state index contributed by atoms with van der Waals surface area (Å²) in [5.41, 5.74) is 5.74. The fourth-order valence-corrected chi connectivity index (χ4v) is 2.65. The van der Waals surface area contributed by atoms with Crippen molar-refractivity contribution < 1.29 is 4.74 Å². The first kappa shape index (κ1) is 13.6. The van der Waals surface area contributed by atoms with Crippen molar-refractivity contribution in [3.8, 4) is 17.0 Å². The number of aryl methyl sites for hydroxylation is 2. The van der Waals surface area contributed by atoms with Gasteiger partial charge in [-0.1, -0.05) is 30.7 Å². The van der Waals surface area contributed by atoms with Crippen molar-refractivity contribution in [2.75, 3.05) is 7.11 Å². The predicted molar refractivity (Wildman–Crippen MR) is 87.8 cm³/mol. The van der Waals surface area contributed by atoms with E-state index in [4.69, 9.17) is 9.72 Å². The molecule has 1 heterocycles. The highest BCUT2D eigenvalue weighted by Gasteiger charge is 2.08. The van der Waals surface area contributed by atoms with E-state index in [1.807, 2.05) is 12.1 Å². The lowest BCUT2D eigenvalue weighted by Gasteiger charge is -2.10. The number of nitrogens with zero attached hydrogens (tertiary/aromatic N) is 1. The number of rotatable bonds is 3. The molecule has 0 aliphatic heterocycles. The predicted octanol–water partition coefficient (Wildman–Crippen LogP) is 4.78. The number of hydrogen-bond acceptors (Lipinski definition) is 2. The van der Waals surface area contributed by atoms with Crippen LogP contribution in [0.2, 0.25) is 0 Å². The van der Waals surface area contributed by atoms with Crippen LogP contribution in [0, 0.1) is 6.92 Å². The fourth-order valence-electron chi connectivity index (χ4n) is 2.65. The van der Waals surface area contributed by atoms with Crippen LogP contribution in [0.15, 0.2) is 48.5 Å². The Labute approximate surface area is 125 Å². The molecule has 2 nitrogen and oxygen atoms in total. The van der Waals surface area contributed by atoms with Gasteiger partial charge in [-0.25, -0.2) is 4.98 Å². The van der Waals surface area contributed by atoms with Gasteiger partial charge in [0.2, 0.25) is 0 Å². The zero-order chi connectivity index (χ0) is 14.8. The second-order valence-corrected chi connectivity index (χ2v) is 5.27. The normalized spacial score (nSPS) is 10.8. The molecule has 0 spiro atoms. The Balaban J connectivity index is 2.24. The summed E-state index contributed by atoms with van der Waals surface area (Å²) in [7, 11) is 1.69. The number of methoxy groups -OCH3 is 1. The standard InChI is InChI=1S/C19H19NO/c1-4-14-11-18(15-7-5-6-13(2)10-15)20-19-12-16(21-3)8-9-17(14)19/h5-12H,4H2,1-3H3. The van der Waals surface area contributed by atoms with E-state index in [2.05, 4.69) is 50.2 Å². The van der Waals surface area contributed by atoms with Crippen molar-refractivity contribution in [1.29, 1.82) is 0 Å². The molecule has 3 rings (SSSR count). The minimum absolute atomic E-state index is 0.846. The van der Waals surface area contributed by atoms with E-state index in [-0.39, 0.29) is 0 Å². The van der Waals surface area contributed by atoms with Crippen molar-refractivity contribution in [2.45, 2.75) is 20.3 Å². The highest BCUT2D eigenvalue weighted by molar-refractivity contribution is 5.86. The van der Waals surface area contributed by atoms with Crippen LogP contribution in [0.25, 0.3) is 22.2 Å². The summed E-state index contributed by atoms with van der Waals surface area (Å²) in [5.74, 6) is 0.846. The molecule has 0 unspecified atom stereocenters. The second-order valence-electron chi connectivity index (χ2n) is 5.27. The van der Waals surface area contributed by atoms with Crippen LogP contribution in [0.1, 0.15) is 18.1 Å². The molecule has 2 aromatic carbocycles. The third-order valence-electron chi connectivity index (χ3n) is 3.80. The summed E-state index contributed by atoms with van der Waals surface area (Å²) in [6, 6.07) is 16.8. The molecule has 0 saturated carbocycles. The molecule has 0 atom stereocenters. The fraction of sp³-hybridized carbons (Fsp3) is 0.211. The number of aromatic nitrogens is 1. The molecule has 0 amide bonds. The number of benzene rings is 2. The molecule has 0 N–H and O–H groups in total. The van der Waals surface area contributed by atoms with Gasteiger partial charge in [-0.15, -0.1) is 0 Å². The van der Waals surface area contributed by atoms with E-state index < -0.39 is 0 Å². The first-order valence-corrected chi connectivity index (χ1v) is 7.26. The summed E-state index contributed by atoms with van der Waals surface area (Å²) in [5, 5.41) is 1.20. The molecular formula is C19H19NO. The van der Waals surface area contributed by atoms with E-state index >= 15 is 0 Å². The van der Waals surface area contributed by atoms with Crippen LogP contribution in [-0.2, 0) is 6.42 Å². The topological polar surface area (TPSA) is 22.1 Å². The van der Waals surface area contributed by atoms with Crippen LogP contribution in [0.4, 0.5) is 0 Å². The lowest BCUT2D eigenvalue weighted by Crippen LogP contribution is -1.93. The molecule has 3 aromatic rings. The average molecular weight is 277 g/mol. The number of hydrogen-bond donors (Lipinski definition) is 0. The van der Waals surface area contributed by atoms with Crippen molar-refractivity contribution in [1.82, 2.24) is 4.98 Å². The molecule has 106 valence electrons. The van der Waals surface area contributed by atoms with E-state index in [1.54, 1.807) is 7.11 Å². The van der Waals surface area contributed by atoms with E-state index in [1.165, 1.54) is 16.5 Å². The Kier molecular flexibility index (Phi) is 3.61. The van der Waals surface area contributed by atoms with Crippen LogP contribution in [0.3, 0.4) is 0 Å². The smallest absolute Gasteiger partial charge is 0.121 e. The first-order valence-electron chi connectivity index (χ1n) is 7.26. The Morgan fingerprint density at radius 1 is 1.05 bits per heavy atom. The van der Waals surface area contributed by atoms with Gasteiger partial charge in [-0.2, -0.15) is 0 Å². The third kappa shape index (κ3) is 2.62. The Morgan fingerprint density at radius 3 is 2.62 bits per heavy atom. The maximum atomic E-state index is 5.32. The highest BCUT2D eigenvalue weighted by Crippen LogP contribution is 2.28. The summed E-state index contributed by atoms with van der Waals surface area (Å²) in [4.78, 5) is 4.82. The summed E-state index contributed by atoms with van der Waals surface area (Å²) < 4.78 is 5.32. The number of pyridine rings is 1. The molecule has 0 saturated heterocycles. The maximum absolute atomic E-state index is 5.32. The summed E-state index contributed by atoms with van der Waals surface area (Å²) in [6.45, 7) is 4.29. The molecule has 0 aliphatic carbocycles. The molecule has 21 heavy (non-hydrogen) atoms. The van der Waals surface area contributed by atoms with Gasteiger partial charge in [0.05, 0.1) is 18.3 Å². The quantitative estimate of drug-likeness (QED) is 0.687. The van der Waals surface area contributed by atoms with E-state index in [0.717, 1.165) is 28.9 Å². The molecular weight excluding hydrogens is 258 g/mol. The number of fused-ring (bicyclic) bond motifs is 1. The maximum Gasteiger partial charge on any atom is 0.121 e. The Bertz CT molecular complexity index is 793.